The molecule has 0 saturated carbocycles. The highest BCUT2D eigenvalue weighted by molar-refractivity contribution is 5.16. The third-order valence-corrected chi connectivity index (χ3v) is 6.43. The maximum atomic E-state index is 13.1. The zero-order valence-electron chi connectivity index (χ0n) is 15.3. The number of piperidine rings is 1. The molecule has 3 fully saturated rings. The molecule has 0 amide bonds. The molecule has 1 aromatic rings. The summed E-state index contributed by atoms with van der Waals surface area (Å²) in [6, 6.07) is 7.02. The Morgan fingerprint density at radius 1 is 1.00 bits per heavy atom. The smallest absolute Gasteiger partial charge is 0.123 e. The van der Waals surface area contributed by atoms with Gasteiger partial charge in [-0.3, -0.25) is 4.90 Å². The molecule has 1 atom stereocenters. The topological polar surface area (TPSA) is 15.7 Å². The van der Waals surface area contributed by atoms with Crippen molar-refractivity contribution in [3.8, 4) is 0 Å². The number of likely N-dealkylation sites (tertiary alicyclic amines) is 2. The van der Waals surface area contributed by atoms with Gasteiger partial charge in [-0.2, -0.15) is 0 Å². The number of hydrogen-bond acceptors (Lipinski definition) is 3. The lowest BCUT2D eigenvalue weighted by atomic mass is 9.79. The van der Waals surface area contributed by atoms with Crippen LogP contribution in [-0.2, 0) is 11.3 Å². The van der Waals surface area contributed by atoms with Crippen molar-refractivity contribution in [2.45, 2.75) is 38.6 Å². The highest BCUT2D eigenvalue weighted by atomic mass is 19.1. The van der Waals surface area contributed by atoms with Crippen molar-refractivity contribution in [2.75, 3.05) is 45.9 Å². The maximum absolute atomic E-state index is 13.1. The molecule has 3 aliphatic rings. The molecule has 1 aromatic carbocycles. The first-order chi connectivity index (χ1) is 12.2. The number of rotatable bonds is 4. The van der Waals surface area contributed by atoms with Crippen molar-refractivity contribution in [3.63, 3.8) is 0 Å². The van der Waals surface area contributed by atoms with Gasteiger partial charge in [0, 0.05) is 39.4 Å². The van der Waals surface area contributed by atoms with Gasteiger partial charge in [-0.05, 0) is 74.2 Å². The van der Waals surface area contributed by atoms with Gasteiger partial charge in [-0.1, -0.05) is 12.1 Å². The van der Waals surface area contributed by atoms with E-state index in [0.29, 0.717) is 5.41 Å². The first kappa shape index (κ1) is 17.4. The van der Waals surface area contributed by atoms with Crippen molar-refractivity contribution < 1.29 is 9.13 Å². The zero-order valence-corrected chi connectivity index (χ0v) is 15.3. The Hall–Kier alpha value is -0.970. The van der Waals surface area contributed by atoms with E-state index in [-0.39, 0.29) is 5.82 Å². The van der Waals surface area contributed by atoms with Crippen LogP contribution in [0.3, 0.4) is 0 Å². The minimum Gasteiger partial charge on any atom is -0.381 e. The summed E-state index contributed by atoms with van der Waals surface area (Å²) in [4.78, 5) is 5.31. The molecular weight excluding hydrogens is 315 g/mol. The maximum Gasteiger partial charge on any atom is 0.123 e. The van der Waals surface area contributed by atoms with Gasteiger partial charge in [-0.25, -0.2) is 4.39 Å². The Morgan fingerprint density at radius 2 is 1.76 bits per heavy atom. The molecule has 4 rings (SSSR count). The molecule has 3 saturated heterocycles. The average molecular weight is 346 g/mol. The summed E-state index contributed by atoms with van der Waals surface area (Å²) in [5.74, 6) is 0.693. The van der Waals surface area contributed by atoms with Gasteiger partial charge in [-0.15, -0.1) is 0 Å². The number of ether oxygens (including phenoxy) is 1. The van der Waals surface area contributed by atoms with Crippen molar-refractivity contribution in [1.82, 2.24) is 9.80 Å². The number of hydrogen-bond donors (Lipinski definition) is 0. The Bertz CT molecular complexity index is 558. The Morgan fingerprint density at radius 3 is 2.56 bits per heavy atom. The molecule has 0 aliphatic carbocycles. The standard InChI is InChI=1S/C21H31FN2O/c22-20-4-2-18(3-5-20)14-24-11-9-21(17-24)8-1-10-23(16-21)15-19-6-12-25-13-7-19/h2-5,19H,1,6-17H2/t21-/m1/s1. The monoisotopic (exact) mass is 346 g/mol. The second kappa shape index (κ2) is 7.73. The molecule has 3 aliphatic heterocycles. The van der Waals surface area contributed by atoms with Crippen LogP contribution in [0.25, 0.3) is 0 Å². The van der Waals surface area contributed by atoms with E-state index in [1.54, 1.807) is 12.1 Å². The van der Waals surface area contributed by atoms with Gasteiger partial charge in [0.2, 0.25) is 0 Å². The van der Waals surface area contributed by atoms with Gasteiger partial charge in [0.15, 0.2) is 0 Å². The van der Waals surface area contributed by atoms with Crippen molar-refractivity contribution in [2.24, 2.45) is 11.3 Å². The molecule has 0 N–H and O–H groups in total. The summed E-state index contributed by atoms with van der Waals surface area (Å²) in [5.41, 5.74) is 1.72. The van der Waals surface area contributed by atoms with Gasteiger partial charge in [0.25, 0.3) is 0 Å². The van der Waals surface area contributed by atoms with Crippen LogP contribution < -0.4 is 0 Å². The van der Waals surface area contributed by atoms with E-state index < -0.39 is 0 Å². The van der Waals surface area contributed by atoms with Crippen molar-refractivity contribution >= 4 is 0 Å². The SMILES string of the molecule is Fc1ccc(CN2CC[C@@]3(CCCN(CC4CCOCC4)C3)C2)cc1. The van der Waals surface area contributed by atoms with E-state index >= 15 is 0 Å². The second-order valence-corrected chi connectivity index (χ2v) is 8.48. The lowest BCUT2D eigenvalue weighted by molar-refractivity contribution is 0.0312. The fraction of sp³-hybridized carbons (Fsp3) is 0.714. The molecule has 1 spiro atoms. The first-order valence-corrected chi connectivity index (χ1v) is 9.98. The van der Waals surface area contributed by atoms with E-state index in [1.165, 1.54) is 70.4 Å². The van der Waals surface area contributed by atoms with Gasteiger partial charge in [0.1, 0.15) is 5.82 Å². The first-order valence-electron chi connectivity index (χ1n) is 9.98. The predicted octanol–water partition coefficient (Wildman–Crippen LogP) is 3.54. The fourth-order valence-electron chi connectivity index (χ4n) is 5.10. The molecule has 0 unspecified atom stereocenters. The van der Waals surface area contributed by atoms with E-state index in [4.69, 9.17) is 4.74 Å². The predicted molar refractivity (Wildman–Crippen MR) is 97.9 cm³/mol. The summed E-state index contributed by atoms with van der Waals surface area (Å²) in [7, 11) is 0. The highest BCUT2D eigenvalue weighted by Crippen LogP contribution is 2.39. The average Bonchev–Trinajstić information content (AvgIpc) is 3.00. The second-order valence-electron chi connectivity index (χ2n) is 8.48. The third kappa shape index (κ3) is 4.42. The number of halogens is 1. The molecule has 25 heavy (non-hydrogen) atoms. The number of nitrogens with zero attached hydrogens (tertiary/aromatic N) is 2. The van der Waals surface area contributed by atoms with E-state index in [9.17, 15) is 4.39 Å². The Labute approximate surface area is 151 Å². The highest BCUT2D eigenvalue weighted by Gasteiger charge is 2.41. The Kier molecular flexibility index (Phi) is 5.39. The summed E-state index contributed by atoms with van der Waals surface area (Å²) in [6.07, 6.45) is 6.50. The molecular formula is C21H31FN2O. The lowest BCUT2D eigenvalue weighted by Crippen LogP contribution is -2.46. The fourth-order valence-corrected chi connectivity index (χ4v) is 5.10. The summed E-state index contributed by atoms with van der Waals surface area (Å²) >= 11 is 0. The van der Waals surface area contributed by atoms with E-state index in [1.807, 2.05) is 12.1 Å². The van der Waals surface area contributed by atoms with Crippen LogP contribution in [0.15, 0.2) is 24.3 Å². The lowest BCUT2D eigenvalue weighted by Gasteiger charge is -2.42. The van der Waals surface area contributed by atoms with Crippen LogP contribution in [0.1, 0.15) is 37.7 Å². The quantitative estimate of drug-likeness (QED) is 0.829. The van der Waals surface area contributed by atoms with Crippen LogP contribution in [0, 0.1) is 17.2 Å². The molecule has 0 aromatic heterocycles. The molecule has 3 heterocycles. The minimum atomic E-state index is -0.141. The third-order valence-electron chi connectivity index (χ3n) is 6.43. The molecule has 4 heteroatoms. The zero-order chi connectivity index (χ0) is 17.1. The van der Waals surface area contributed by atoms with Crippen LogP contribution >= 0.6 is 0 Å². The van der Waals surface area contributed by atoms with E-state index in [0.717, 1.165) is 25.7 Å². The molecule has 0 radical (unpaired) electrons. The van der Waals surface area contributed by atoms with Crippen molar-refractivity contribution in [3.05, 3.63) is 35.6 Å². The van der Waals surface area contributed by atoms with Crippen LogP contribution in [0.5, 0.6) is 0 Å². The molecule has 0 bridgehead atoms. The largest absolute Gasteiger partial charge is 0.381 e. The number of benzene rings is 1. The normalized spacial score (nSPS) is 29.5. The summed E-state index contributed by atoms with van der Waals surface area (Å²) in [5, 5.41) is 0. The summed E-state index contributed by atoms with van der Waals surface area (Å²) in [6.45, 7) is 9.06. The van der Waals surface area contributed by atoms with Crippen molar-refractivity contribution in [1.29, 1.82) is 0 Å². The van der Waals surface area contributed by atoms with Crippen LogP contribution in [-0.4, -0.2) is 55.7 Å². The molecule has 3 nitrogen and oxygen atoms in total. The van der Waals surface area contributed by atoms with Gasteiger partial charge in [0.05, 0.1) is 0 Å². The van der Waals surface area contributed by atoms with Gasteiger partial charge < -0.3 is 9.64 Å². The van der Waals surface area contributed by atoms with E-state index in [2.05, 4.69) is 9.80 Å². The van der Waals surface area contributed by atoms with Gasteiger partial charge >= 0.3 is 0 Å². The summed E-state index contributed by atoms with van der Waals surface area (Å²) < 4.78 is 18.6. The Balaban J connectivity index is 1.31. The van der Waals surface area contributed by atoms with Crippen LogP contribution in [0.2, 0.25) is 0 Å². The minimum absolute atomic E-state index is 0.141. The van der Waals surface area contributed by atoms with Crippen LogP contribution in [0.4, 0.5) is 4.39 Å². The molecule has 138 valence electrons.